The highest BCUT2D eigenvalue weighted by Crippen LogP contribution is 2.40. The minimum atomic E-state index is -0.239. The van der Waals surface area contributed by atoms with Crippen LogP contribution in [0.4, 0.5) is 0 Å². The highest BCUT2D eigenvalue weighted by molar-refractivity contribution is 7.98. The number of hydrogen-bond acceptors (Lipinski definition) is 7. The van der Waals surface area contributed by atoms with Gasteiger partial charge in [0, 0.05) is 23.1 Å². The van der Waals surface area contributed by atoms with Gasteiger partial charge in [-0.1, -0.05) is 42.5 Å². The Labute approximate surface area is 258 Å². The summed E-state index contributed by atoms with van der Waals surface area (Å²) >= 11 is 1.83. The predicted molar refractivity (Wildman–Crippen MR) is 172 cm³/mol. The summed E-state index contributed by atoms with van der Waals surface area (Å²) in [6.07, 6.45) is 3.43. The quantitative estimate of drug-likeness (QED) is 0.113. The number of esters is 1. The Morgan fingerprint density at radius 2 is 1.72 bits per heavy atom. The average Bonchev–Trinajstić information content (AvgIpc) is 3.42. The number of fused-ring (bicyclic) bond motifs is 1. The zero-order chi connectivity index (χ0) is 30.2. The van der Waals surface area contributed by atoms with Gasteiger partial charge < -0.3 is 23.7 Å². The van der Waals surface area contributed by atoms with Crippen molar-refractivity contribution in [3.05, 3.63) is 101 Å². The van der Waals surface area contributed by atoms with Gasteiger partial charge in [-0.05, 0) is 84.9 Å². The van der Waals surface area contributed by atoms with Crippen LogP contribution in [0.1, 0.15) is 41.0 Å². The maximum atomic E-state index is 11.7. The van der Waals surface area contributed by atoms with E-state index in [0.29, 0.717) is 32.0 Å². The van der Waals surface area contributed by atoms with Crippen molar-refractivity contribution in [2.75, 3.05) is 32.3 Å². The molecule has 1 aliphatic heterocycles. The molecule has 0 saturated carbocycles. The molecule has 0 N–H and O–H groups in total. The normalized spacial score (nSPS) is 13.6. The second-order valence-corrected chi connectivity index (χ2v) is 11.6. The van der Waals surface area contributed by atoms with Gasteiger partial charge in [-0.2, -0.15) is 11.8 Å². The van der Waals surface area contributed by atoms with Crippen molar-refractivity contribution in [1.29, 1.82) is 0 Å². The molecular formula is C36H38O6S. The Hall–Kier alpha value is -4.10. The van der Waals surface area contributed by atoms with Crippen molar-refractivity contribution in [2.24, 2.45) is 0 Å². The number of ether oxygens (including phenoxy) is 5. The lowest BCUT2D eigenvalue weighted by molar-refractivity contribution is -0.141. The van der Waals surface area contributed by atoms with Gasteiger partial charge >= 0.3 is 5.97 Å². The first-order chi connectivity index (χ1) is 20.9. The summed E-state index contributed by atoms with van der Waals surface area (Å²) in [5.41, 5.74) is 6.12. The molecule has 0 radical (unpaired) electrons. The minimum absolute atomic E-state index is 0.00143. The van der Waals surface area contributed by atoms with Gasteiger partial charge in [-0.25, -0.2) is 0 Å². The first kappa shape index (κ1) is 30.4. The Morgan fingerprint density at radius 1 is 0.930 bits per heavy atom. The summed E-state index contributed by atoms with van der Waals surface area (Å²) in [7, 11) is 1.40. The number of methoxy groups -OCH3 is 1. The van der Waals surface area contributed by atoms with Crippen LogP contribution < -0.4 is 18.9 Å². The number of aryl methyl sites for hydroxylation is 2. The molecule has 0 bridgehead atoms. The summed E-state index contributed by atoms with van der Waals surface area (Å²) in [6, 6.07) is 26.3. The SMILES string of the molecule is COC(=O)C[C@@H]1COc2cc(OCc3ccc(Oc4c(C)cc(OCCCSC)cc4C)c(-c4ccccc4)c3)ccc21. The molecule has 1 atom stereocenters. The number of carbonyl (C=O) groups excluding carboxylic acids is 1. The lowest BCUT2D eigenvalue weighted by Gasteiger charge is -2.18. The number of thioether (sulfide) groups is 1. The molecule has 4 aromatic carbocycles. The van der Waals surface area contributed by atoms with Gasteiger partial charge in [-0.3, -0.25) is 4.79 Å². The van der Waals surface area contributed by atoms with E-state index >= 15 is 0 Å². The van der Waals surface area contributed by atoms with Crippen molar-refractivity contribution < 1.29 is 28.5 Å². The molecule has 1 heterocycles. The first-order valence-corrected chi connectivity index (χ1v) is 15.9. The van der Waals surface area contributed by atoms with Crippen LogP contribution in [0, 0.1) is 13.8 Å². The Kier molecular flexibility index (Phi) is 10.2. The lowest BCUT2D eigenvalue weighted by atomic mass is 9.98. The number of carbonyl (C=O) groups is 1. The van der Waals surface area contributed by atoms with Crippen LogP contribution in [0.15, 0.2) is 78.9 Å². The molecule has 4 aromatic rings. The van der Waals surface area contributed by atoms with E-state index in [2.05, 4.69) is 38.3 Å². The second-order valence-electron chi connectivity index (χ2n) is 10.7. The third-order valence-corrected chi connectivity index (χ3v) is 8.14. The average molecular weight is 599 g/mol. The van der Waals surface area contributed by atoms with Gasteiger partial charge in [0.05, 0.1) is 26.7 Å². The van der Waals surface area contributed by atoms with Gasteiger partial charge in [0.2, 0.25) is 0 Å². The lowest BCUT2D eigenvalue weighted by Crippen LogP contribution is -2.09. The largest absolute Gasteiger partial charge is 0.494 e. The second kappa shape index (κ2) is 14.4. The van der Waals surface area contributed by atoms with Gasteiger partial charge in [0.1, 0.15) is 35.4 Å². The zero-order valence-corrected chi connectivity index (χ0v) is 26.0. The van der Waals surface area contributed by atoms with E-state index in [0.717, 1.165) is 68.6 Å². The van der Waals surface area contributed by atoms with E-state index in [1.54, 1.807) is 0 Å². The van der Waals surface area contributed by atoms with E-state index in [9.17, 15) is 4.79 Å². The van der Waals surface area contributed by atoms with Crippen LogP contribution in [0.2, 0.25) is 0 Å². The van der Waals surface area contributed by atoms with E-state index in [4.69, 9.17) is 23.7 Å². The van der Waals surface area contributed by atoms with E-state index in [1.165, 1.54) is 7.11 Å². The molecule has 0 spiro atoms. The van der Waals surface area contributed by atoms with Crippen LogP contribution in [0.25, 0.3) is 11.1 Å². The maximum Gasteiger partial charge on any atom is 0.306 e. The van der Waals surface area contributed by atoms with Crippen molar-refractivity contribution >= 4 is 17.7 Å². The van der Waals surface area contributed by atoms with E-state index in [-0.39, 0.29) is 11.9 Å². The molecule has 43 heavy (non-hydrogen) atoms. The highest BCUT2D eigenvalue weighted by atomic mass is 32.2. The molecule has 7 heteroatoms. The van der Waals surface area contributed by atoms with Crippen molar-refractivity contribution in [3.8, 4) is 39.9 Å². The summed E-state index contributed by atoms with van der Waals surface area (Å²) in [4.78, 5) is 11.7. The summed E-state index contributed by atoms with van der Waals surface area (Å²) in [5.74, 6) is 4.79. The van der Waals surface area contributed by atoms with Crippen molar-refractivity contribution in [3.63, 3.8) is 0 Å². The van der Waals surface area contributed by atoms with Crippen LogP contribution in [-0.4, -0.2) is 38.3 Å². The molecule has 0 amide bonds. The van der Waals surface area contributed by atoms with Crippen LogP contribution in [-0.2, 0) is 16.1 Å². The van der Waals surface area contributed by atoms with Gasteiger partial charge in [0.15, 0.2) is 0 Å². The molecule has 224 valence electrons. The molecule has 0 saturated heterocycles. The molecular weight excluding hydrogens is 560 g/mol. The fourth-order valence-corrected chi connectivity index (χ4v) is 5.63. The number of hydrogen-bond donors (Lipinski definition) is 0. The van der Waals surface area contributed by atoms with E-state index < -0.39 is 0 Å². The smallest absolute Gasteiger partial charge is 0.306 e. The zero-order valence-electron chi connectivity index (χ0n) is 25.2. The third-order valence-electron chi connectivity index (χ3n) is 7.45. The Bertz CT molecular complexity index is 1530. The fourth-order valence-electron chi connectivity index (χ4n) is 5.22. The summed E-state index contributed by atoms with van der Waals surface area (Å²) < 4.78 is 29.4. The van der Waals surface area contributed by atoms with Crippen molar-refractivity contribution in [2.45, 2.75) is 39.2 Å². The topological polar surface area (TPSA) is 63.2 Å². The number of rotatable bonds is 13. The monoisotopic (exact) mass is 598 g/mol. The molecule has 0 aliphatic carbocycles. The number of benzene rings is 4. The Morgan fingerprint density at radius 3 is 2.47 bits per heavy atom. The van der Waals surface area contributed by atoms with Crippen LogP contribution in [0.3, 0.4) is 0 Å². The fraction of sp³-hybridized carbons (Fsp3) is 0.306. The van der Waals surface area contributed by atoms with Crippen LogP contribution in [0.5, 0.6) is 28.7 Å². The highest BCUT2D eigenvalue weighted by Gasteiger charge is 2.27. The summed E-state index contributed by atoms with van der Waals surface area (Å²) in [5, 5.41) is 0. The third kappa shape index (κ3) is 7.65. The van der Waals surface area contributed by atoms with E-state index in [1.807, 2.05) is 72.4 Å². The predicted octanol–water partition coefficient (Wildman–Crippen LogP) is 8.51. The molecule has 5 rings (SSSR count). The summed E-state index contributed by atoms with van der Waals surface area (Å²) in [6.45, 7) is 5.66. The molecule has 1 aliphatic rings. The molecule has 0 unspecified atom stereocenters. The Balaban J connectivity index is 1.33. The van der Waals surface area contributed by atoms with Gasteiger partial charge in [0.25, 0.3) is 0 Å². The standard InChI is InChI=1S/C36H38O6S/c1-24-17-30(39-15-8-16-43-4)18-25(2)36(24)42-33-14-11-26(19-32(33)27-9-6-5-7-10-27)22-40-29-12-13-31-28(20-35(37)38-3)23-41-34(31)21-29/h5-7,9-14,17-19,21,28H,8,15-16,20,22-23H2,1-4H3/t28-/m1/s1. The van der Waals surface area contributed by atoms with Gasteiger partial charge in [-0.15, -0.1) is 0 Å². The van der Waals surface area contributed by atoms with Crippen LogP contribution >= 0.6 is 11.8 Å². The molecule has 0 fully saturated rings. The minimum Gasteiger partial charge on any atom is -0.494 e. The maximum absolute atomic E-state index is 11.7. The molecule has 0 aromatic heterocycles. The molecule has 6 nitrogen and oxygen atoms in total. The first-order valence-electron chi connectivity index (χ1n) is 14.5. The van der Waals surface area contributed by atoms with Crippen molar-refractivity contribution in [1.82, 2.24) is 0 Å².